The topological polar surface area (TPSA) is 29.5 Å². The molecule has 3 heteroatoms. The molecule has 0 spiro atoms. The van der Waals surface area contributed by atoms with Crippen molar-refractivity contribution in [2.24, 2.45) is 11.8 Å². The van der Waals surface area contributed by atoms with Gasteiger partial charge in [-0.15, -0.1) is 0 Å². The highest BCUT2D eigenvalue weighted by atomic mass is 16.6. The maximum Gasteiger partial charge on any atom is 0.306 e. The maximum atomic E-state index is 11.5. The molecule has 2 fully saturated rings. The van der Waals surface area contributed by atoms with Crippen molar-refractivity contribution in [3.05, 3.63) is 35.9 Å². The molecule has 2 aliphatic heterocycles. The zero-order chi connectivity index (χ0) is 13.2. The van der Waals surface area contributed by atoms with Crippen LogP contribution in [0.25, 0.3) is 0 Å². The first-order chi connectivity index (χ1) is 9.26. The number of fused-ring (bicyclic) bond motifs is 1. The number of carbonyl (C=O) groups is 1. The van der Waals surface area contributed by atoms with Gasteiger partial charge in [0.25, 0.3) is 0 Å². The summed E-state index contributed by atoms with van der Waals surface area (Å²) >= 11 is 0. The van der Waals surface area contributed by atoms with Gasteiger partial charge < -0.3 is 4.74 Å². The maximum absolute atomic E-state index is 11.5. The van der Waals surface area contributed by atoms with Gasteiger partial charge in [0.1, 0.15) is 6.10 Å². The third-order valence-electron chi connectivity index (χ3n) is 4.47. The summed E-state index contributed by atoms with van der Waals surface area (Å²) < 4.78 is 5.48. The van der Waals surface area contributed by atoms with Gasteiger partial charge in [-0.1, -0.05) is 43.7 Å². The van der Waals surface area contributed by atoms with Crippen LogP contribution >= 0.6 is 0 Å². The normalized spacial score (nSPS) is 31.0. The summed E-state index contributed by atoms with van der Waals surface area (Å²) in [7, 11) is 0. The average molecular weight is 259 g/mol. The largest absolute Gasteiger partial charge is 0.461 e. The molecule has 2 heterocycles. The quantitative estimate of drug-likeness (QED) is 0.781. The number of esters is 1. The van der Waals surface area contributed by atoms with E-state index in [1.165, 1.54) is 5.56 Å². The standard InChI is InChI=1S/C16H21NO2/c1-2-13-10-17(9-12-6-4-3-5-7-12)11-15-14(13)8-16(18)19-15/h3-7,13-15H,2,8-11H2,1H3/t13-,14-,15+/m1/s1. The number of carbonyl (C=O) groups excluding carboxylic acids is 1. The molecule has 2 saturated heterocycles. The summed E-state index contributed by atoms with van der Waals surface area (Å²) in [6.45, 7) is 5.15. The van der Waals surface area contributed by atoms with Crippen molar-refractivity contribution in [1.82, 2.24) is 4.90 Å². The Bertz CT molecular complexity index is 445. The van der Waals surface area contributed by atoms with Crippen molar-refractivity contribution >= 4 is 5.97 Å². The van der Waals surface area contributed by atoms with Crippen LogP contribution in [0.3, 0.4) is 0 Å². The second-order valence-corrected chi connectivity index (χ2v) is 5.74. The van der Waals surface area contributed by atoms with Gasteiger partial charge in [-0.2, -0.15) is 0 Å². The zero-order valence-corrected chi connectivity index (χ0v) is 11.4. The van der Waals surface area contributed by atoms with Gasteiger partial charge in [-0.05, 0) is 11.5 Å². The van der Waals surface area contributed by atoms with Gasteiger partial charge in [0.05, 0.1) is 6.42 Å². The summed E-state index contributed by atoms with van der Waals surface area (Å²) in [5, 5.41) is 0. The molecule has 1 aromatic rings. The Morgan fingerprint density at radius 3 is 2.79 bits per heavy atom. The lowest BCUT2D eigenvalue weighted by molar-refractivity contribution is -0.143. The number of benzene rings is 1. The fraction of sp³-hybridized carbons (Fsp3) is 0.562. The second-order valence-electron chi connectivity index (χ2n) is 5.74. The molecule has 0 unspecified atom stereocenters. The smallest absolute Gasteiger partial charge is 0.306 e. The van der Waals surface area contributed by atoms with Crippen LogP contribution in [-0.2, 0) is 16.1 Å². The highest BCUT2D eigenvalue weighted by Gasteiger charge is 2.43. The van der Waals surface area contributed by atoms with Gasteiger partial charge >= 0.3 is 5.97 Å². The van der Waals surface area contributed by atoms with Crippen molar-refractivity contribution < 1.29 is 9.53 Å². The molecule has 102 valence electrons. The molecule has 0 N–H and O–H groups in total. The first-order valence-corrected chi connectivity index (χ1v) is 7.22. The molecule has 0 radical (unpaired) electrons. The van der Waals surface area contributed by atoms with Crippen molar-refractivity contribution in [3.63, 3.8) is 0 Å². The van der Waals surface area contributed by atoms with Crippen LogP contribution in [0.5, 0.6) is 0 Å². The third kappa shape index (κ3) is 2.66. The molecular formula is C16H21NO2. The fourth-order valence-electron chi connectivity index (χ4n) is 3.47. The fourth-order valence-corrected chi connectivity index (χ4v) is 3.47. The Morgan fingerprint density at radius 2 is 2.05 bits per heavy atom. The molecule has 3 nitrogen and oxygen atoms in total. The first-order valence-electron chi connectivity index (χ1n) is 7.22. The van der Waals surface area contributed by atoms with E-state index in [0.717, 1.165) is 26.1 Å². The monoisotopic (exact) mass is 259 g/mol. The summed E-state index contributed by atoms with van der Waals surface area (Å²) in [4.78, 5) is 13.9. The van der Waals surface area contributed by atoms with E-state index >= 15 is 0 Å². The van der Waals surface area contributed by atoms with Crippen molar-refractivity contribution in [2.45, 2.75) is 32.4 Å². The lowest BCUT2D eigenvalue weighted by Gasteiger charge is -2.39. The number of hydrogen-bond donors (Lipinski definition) is 0. The van der Waals surface area contributed by atoms with Crippen LogP contribution in [0.1, 0.15) is 25.3 Å². The highest BCUT2D eigenvalue weighted by Crippen LogP contribution is 2.36. The lowest BCUT2D eigenvalue weighted by Crippen LogP contribution is -2.47. The lowest BCUT2D eigenvalue weighted by atomic mass is 9.81. The first kappa shape index (κ1) is 12.7. The molecule has 0 amide bonds. The minimum Gasteiger partial charge on any atom is -0.461 e. The minimum absolute atomic E-state index is 0.00462. The number of nitrogens with zero attached hydrogens (tertiary/aromatic N) is 1. The Hall–Kier alpha value is -1.35. The van der Waals surface area contributed by atoms with Gasteiger partial charge in [-0.25, -0.2) is 0 Å². The van der Waals surface area contributed by atoms with Crippen LogP contribution in [0.15, 0.2) is 30.3 Å². The number of likely N-dealkylation sites (tertiary alicyclic amines) is 1. The van der Waals surface area contributed by atoms with Crippen LogP contribution in [-0.4, -0.2) is 30.1 Å². The van der Waals surface area contributed by atoms with Gasteiger partial charge in [0, 0.05) is 25.6 Å². The number of hydrogen-bond acceptors (Lipinski definition) is 3. The Labute approximate surface area is 114 Å². The molecule has 0 saturated carbocycles. The van der Waals surface area contributed by atoms with Gasteiger partial charge in [0.15, 0.2) is 0 Å². The van der Waals surface area contributed by atoms with E-state index in [1.54, 1.807) is 0 Å². The van der Waals surface area contributed by atoms with Crippen LogP contribution < -0.4 is 0 Å². The molecule has 0 aliphatic carbocycles. The zero-order valence-electron chi connectivity index (χ0n) is 11.4. The third-order valence-corrected chi connectivity index (χ3v) is 4.47. The minimum atomic E-state index is -0.00462. The highest BCUT2D eigenvalue weighted by molar-refractivity contribution is 5.72. The number of rotatable bonds is 3. The molecule has 2 aliphatic rings. The van der Waals surface area contributed by atoms with Crippen LogP contribution in [0.2, 0.25) is 0 Å². The molecular weight excluding hydrogens is 238 g/mol. The molecule has 3 atom stereocenters. The second kappa shape index (κ2) is 5.33. The average Bonchev–Trinajstić information content (AvgIpc) is 2.79. The van der Waals surface area contributed by atoms with Crippen molar-refractivity contribution in [1.29, 1.82) is 0 Å². The summed E-state index contributed by atoms with van der Waals surface area (Å²) in [6.07, 6.45) is 1.88. The van der Waals surface area contributed by atoms with E-state index < -0.39 is 0 Å². The van der Waals surface area contributed by atoms with E-state index in [2.05, 4.69) is 36.1 Å². The summed E-state index contributed by atoms with van der Waals surface area (Å²) in [5.41, 5.74) is 1.33. The van der Waals surface area contributed by atoms with Crippen molar-refractivity contribution in [2.75, 3.05) is 13.1 Å². The van der Waals surface area contributed by atoms with E-state index in [0.29, 0.717) is 18.3 Å². The predicted octanol–water partition coefficient (Wildman–Crippen LogP) is 2.46. The molecule has 1 aromatic carbocycles. The van der Waals surface area contributed by atoms with E-state index in [1.807, 2.05) is 6.07 Å². The van der Waals surface area contributed by atoms with Crippen LogP contribution in [0.4, 0.5) is 0 Å². The Morgan fingerprint density at radius 1 is 1.26 bits per heavy atom. The predicted molar refractivity (Wildman–Crippen MR) is 73.5 cm³/mol. The molecule has 19 heavy (non-hydrogen) atoms. The Kier molecular flexibility index (Phi) is 3.56. The molecule has 0 bridgehead atoms. The van der Waals surface area contributed by atoms with E-state index in [4.69, 9.17) is 4.74 Å². The van der Waals surface area contributed by atoms with E-state index in [-0.39, 0.29) is 12.1 Å². The number of ether oxygens (including phenoxy) is 1. The Balaban J connectivity index is 1.69. The van der Waals surface area contributed by atoms with Crippen LogP contribution in [0, 0.1) is 11.8 Å². The molecule has 0 aromatic heterocycles. The number of piperidine rings is 1. The summed E-state index contributed by atoms with van der Waals surface area (Å²) in [6, 6.07) is 10.5. The molecule has 3 rings (SSSR count). The summed E-state index contributed by atoms with van der Waals surface area (Å²) in [5.74, 6) is 1.04. The van der Waals surface area contributed by atoms with Gasteiger partial charge in [-0.3, -0.25) is 9.69 Å². The van der Waals surface area contributed by atoms with Crippen molar-refractivity contribution in [3.8, 4) is 0 Å². The van der Waals surface area contributed by atoms with E-state index in [9.17, 15) is 4.79 Å². The van der Waals surface area contributed by atoms with Gasteiger partial charge in [0.2, 0.25) is 0 Å². The SMILES string of the molecule is CC[C@@H]1CN(Cc2ccccc2)C[C@@H]2OC(=O)C[C@H]12.